The topological polar surface area (TPSA) is 85.2 Å². The second kappa shape index (κ2) is 5.75. The Morgan fingerprint density at radius 3 is 2.91 bits per heavy atom. The molecule has 3 rings (SSSR count). The van der Waals surface area contributed by atoms with E-state index < -0.39 is 0 Å². The molecule has 1 aliphatic heterocycles. The average molecular weight is 314 g/mol. The Balaban J connectivity index is 1.72. The zero-order valence-corrected chi connectivity index (χ0v) is 13.3. The first kappa shape index (κ1) is 15.1. The molecule has 2 N–H and O–H groups in total. The quantitative estimate of drug-likeness (QED) is 0.900. The molecule has 0 fully saturated rings. The SMILES string of the molecule is Cc1nn(C)c(C)c1CC(=O)Nc1ccc2c(c1)OCC(=O)N2. The third-order valence-corrected chi connectivity index (χ3v) is 3.89. The van der Waals surface area contributed by atoms with Gasteiger partial charge in [-0.1, -0.05) is 0 Å². The predicted octanol–water partition coefficient (Wildman–Crippen LogP) is 1.55. The molecule has 0 saturated carbocycles. The van der Waals surface area contributed by atoms with Gasteiger partial charge in [-0.3, -0.25) is 14.3 Å². The molecule has 0 aliphatic carbocycles. The van der Waals surface area contributed by atoms with Crippen LogP contribution in [-0.2, 0) is 23.1 Å². The van der Waals surface area contributed by atoms with Crippen LogP contribution in [0.3, 0.4) is 0 Å². The lowest BCUT2D eigenvalue weighted by atomic mass is 10.1. The molecule has 23 heavy (non-hydrogen) atoms. The van der Waals surface area contributed by atoms with Crippen LogP contribution in [0, 0.1) is 13.8 Å². The number of benzene rings is 1. The fraction of sp³-hybridized carbons (Fsp3) is 0.312. The maximum atomic E-state index is 12.3. The van der Waals surface area contributed by atoms with Gasteiger partial charge in [0, 0.05) is 30.1 Å². The van der Waals surface area contributed by atoms with Gasteiger partial charge in [-0.05, 0) is 26.0 Å². The van der Waals surface area contributed by atoms with E-state index in [1.165, 1.54) is 0 Å². The summed E-state index contributed by atoms with van der Waals surface area (Å²) < 4.78 is 7.11. The fourth-order valence-corrected chi connectivity index (χ4v) is 2.59. The molecule has 0 spiro atoms. The number of aryl methyl sites for hydroxylation is 2. The highest BCUT2D eigenvalue weighted by atomic mass is 16.5. The summed E-state index contributed by atoms with van der Waals surface area (Å²) in [6, 6.07) is 5.15. The number of nitrogens with one attached hydrogen (secondary N) is 2. The third kappa shape index (κ3) is 3.03. The van der Waals surface area contributed by atoms with Gasteiger partial charge < -0.3 is 15.4 Å². The Morgan fingerprint density at radius 2 is 2.22 bits per heavy atom. The lowest BCUT2D eigenvalue weighted by Crippen LogP contribution is -2.25. The van der Waals surface area contributed by atoms with Gasteiger partial charge in [0.25, 0.3) is 5.91 Å². The van der Waals surface area contributed by atoms with Crippen LogP contribution in [0.15, 0.2) is 18.2 Å². The number of fused-ring (bicyclic) bond motifs is 1. The van der Waals surface area contributed by atoms with Crippen molar-refractivity contribution in [2.45, 2.75) is 20.3 Å². The monoisotopic (exact) mass is 314 g/mol. The van der Waals surface area contributed by atoms with Crippen LogP contribution in [0.2, 0.25) is 0 Å². The van der Waals surface area contributed by atoms with Crippen molar-refractivity contribution in [1.29, 1.82) is 0 Å². The van der Waals surface area contributed by atoms with Crippen LogP contribution >= 0.6 is 0 Å². The van der Waals surface area contributed by atoms with Crippen molar-refractivity contribution in [2.24, 2.45) is 7.05 Å². The van der Waals surface area contributed by atoms with E-state index in [1.54, 1.807) is 22.9 Å². The highest BCUT2D eigenvalue weighted by Gasteiger charge is 2.17. The highest BCUT2D eigenvalue weighted by Crippen LogP contribution is 2.30. The zero-order chi connectivity index (χ0) is 16.6. The summed E-state index contributed by atoms with van der Waals surface area (Å²) >= 11 is 0. The molecule has 0 bridgehead atoms. The molecule has 0 radical (unpaired) electrons. The van der Waals surface area contributed by atoms with Crippen molar-refractivity contribution < 1.29 is 14.3 Å². The minimum atomic E-state index is -0.184. The minimum absolute atomic E-state index is 0.0154. The first-order valence-corrected chi connectivity index (χ1v) is 7.29. The predicted molar refractivity (Wildman–Crippen MR) is 85.6 cm³/mol. The van der Waals surface area contributed by atoms with Gasteiger partial charge in [0.1, 0.15) is 5.75 Å². The van der Waals surface area contributed by atoms with Crippen LogP contribution in [-0.4, -0.2) is 28.2 Å². The van der Waals surface area contributed by atoms with Crippen LogP contribution < -0.4 is 15.4 Å². The Labute approximate surface area is 133 Å². The van der Waals surface area contributed by atoms with Crippen molar-refractivity contribution in [2.75, 3.05) is 17.2 Å². The van der Waals surface area contributed by atoms with E-state index in [9.17, 15) is 9.59 Å². The van der Waals surface area contributed by atoms with Crippen molar-refractivity contribution >= 4 is 23.2 Å². The van der Waals surface area contributed by atoms with Crippen molar-refractivity contribution in [3.63, 3.8) is 0 Å². The van der Waals surface area contributed by atoms with Gasteiger partial charge >= 0.3 is 0 Å². The number of aromatic nitrogens is 2. The summed E-state index contributed by atoms with van der Waals surface area (Å²) in [7, 11) is 1.86. The molecule has 0 unspecified atom stereocenters. The smallest absolute Gasteiger partial charge is 0.262 e. The number of rotatable bonds is 3. The molecule has 1 aromatic heterocycles. The number of hydrogen-bond donors (Lipinski definition) is 2. The largest absolute Gasteiger partial charge is 0.482 e. The molecule has 1 aromatic carbocycles. The highest BCUT2D eigenvalue weighted by molar-refractivity contribution is 5.97. The molecule has 2 amide bonds. The van der Waals surface area contributed by atoms with Crippen molar-refractivity contribution in [3.05, 3.63) is 35.2 Å². The number of anilines is 2. The summed E-state index contributed by atoms with van der Waals surface area (Å²) in [4.78, 5) is 23.5. The molecule has 2 heterocycles. The van der Waals surface area contributed by atoms with Gasteiger partial charge in [-0.15, -0.1) is 0 Å². The van der Waals surface area contributed by atoms with Gasteiger partial charge in [-0.25, -0.2) is 0 Å². The standard InChI is InChI=1S/C16H18N4O3/c1-9-12(10(2)20(3)19-9)7-15(21)17-11-4-5-13-14(6-11)23-8-16(22)18-13/h4-6H,7-8H2,1-3H3,(H,17,21)(H,18,22). The van der Waals surface area contributed by atoms with E-state index >= 15 is 0 Å². The molecule has 7 heteroatoms. The van der Waals surface area contributed by atoms with E-state index in [4.69, 9.17) is 4.74 Å². The van der Waals surface area contributed by atoms with E-state index in [1.807, 2.05) is 20.9 Å². The number of amides is 2. The lowest BCUT2D eigenvalue weighted by molar-refractivity contribution is -0.118. The Bertz CT molecular complexity index is 795. The normalized spacial score (nSPS) is 13.1. The Kier molecular flexibility index (Phi) is 3.77. The second-order valence-electron chi connectivity index (χ2n) is 5.55. The number of hydrogen-bond acceptors (Lipinski definition) is 4. The maximum absolute atomic E-state index is 12.3. The summed E-state index contributed by atoms with van der Waals surface area (Å²) in [5, 5.41) is 9.87. The van der Waals surface area contributed by atoms with Crippen LogP contribution in [0.25, 0.3) is 0 Å². The van der Waals surface area contributed by atoms with Gasteiger partial charge in [-0.2, -0.15) is 5.10 Å². The third-order valence-electron chi connectivity index (χ3n) is 3.89. The molecule has 7 nitrogen and oxygen atoms in total. The Hall–Kier alpha value is -2.83. The number of ether oxygens (including phenoxy) is 1. The van der Waals surface area contributed by atoms with Crippen molar-refractivity contribution in [3.8, 4) is 5.75 Å². The van der Waals surface area contributed by atoms with Gasteiger partial charge in [0.05, 0.1) is 17.8 Å². The van der Waals surface area contributed by atoms with Gasteiger partial charge in [0.2, 0.25) is 5.91 Å². The first-order valence-electron chi connectivity index (χ1n) is 7.29. The Morgan fingerprint density at radius 1 is 1.43 bits per heavy atom. The van der Waals surface area contributed by atoms with E-state index in [2.05, 4.69) is 15.7 Å². The van der Waals surface area contributed by atoms with E-state index in [0.29, 0.717) is 17.1 Å². The molecule has 0 atom stereocenters. The molecule has 1 aliphatic rings. The summed E-state index contributed by atoms with van der Waals surface area (Å²) in [5.74, 6) is 0.247. The minimum Gasteiger partial charge on any atom is -0.482 e. The first-order chi connectivity index (χ1) is 10.9. The summed E-state index contributed by atoms with van der Waals surface area (Å²) in [5.41, 5.74) is 4.01. The lowest BCUT2D eigenvalue weighted by Gasteiger charge is -2.18. The molecular formula is C16H18N4O3. The number of nitrogens with zero attached hydrogens (tertiary/aromatic N) is 2. The summed E-state index contributed by atoms with van der Waals surface area (Å²) in [6.45, 7) is 3.82. The van der Waals surface area contributed by atoms with Crippen LogP contribution in [0.5, 0.6) is 5.75 Å². The van der Waals surface area contributed by atoms with Gasteiger partial charge in [0.15, 0.2) is 6.61 Å². The maximum Gasteiger partial charge on any atom is 0.262 e. The number of carbonyl (C=O) groups is 2. The van der Waals surface area contributed by atoms with Crippen LogP contribution in [0.4, 0.5) is 11.4 Å². The molecule has 2 aromatic rings. The zero-order valence-electron chi connectivity index (χ0n) is 13.3. The van der Waals surface area contributed by atoms with Crippen molar-refractivity contribution in [1.82, 2.24) is 9.78 Å². The second-order valence-corrected chi connectivity index (χ2v) is 5.55. The van der Waals surface area contributed by atoms with E-state index in [0.717, 1.165) is 17.0 Å². The fourth-order valence-electron chi connectivity index (χ4n) is 2.59. The van der Waals surface area contributed by atoms with Crippen LogP contribution in [0.1, 0.15) is 17.0 Å². The summed E-state index contributed by atoms with van der Waals surface area (Å²) in [6.07, 6.45) is 0.264. The average Bonchev–Trinajstić information content (AvgIpc) is 2.74. The molecule has 120 valence electrons. The molecule has 0 saturated heterocycles. The molecular weight excluding hydrogens is 296 g/mol. The number of carbonyl (C=O) groups excluding carboxylic acids is 2. The van der Waals surface area contributed by atoms with E-state index in [-0.39, 0.29) is 24.8 Å².